The minimum atomic E-state index is -0.805. The summed E-state index contributed by atoms with van der Waals surface area (Å²) in [6, 6.07) is 9.22. The number of methoxy groups -OCH3 is 1. The van der Waals surface area contributed by atoms with Gasteiger partial charge in [-0.3, -0.25) is 4.79 Å². The third kappa shape index (κ3) is 4.22. The number of phenols is 1. The maximum Gasteiger partial charge on any atom is 0.342 e. The number of ether oxygens (including phenoxy) is 4. The molecule has 0 saturated heterocycles. The predicted molar refractivity (Wildman–Crippen MR) is 94.1 cm³/mol. The molecular weight excluding hydrogens is 354 g/mol. The maximum absolute atomic E-state index is 12.1. The summed E-state index contributed by atoms with van der Waals surface area (Å²) in [6.45, 7) is 1.50. The Hall–Kier alpha value is -3.42. The fraction of sp³-hybridized carbons (Fsp3) is 0.263. The Morgan fingerprint density at radius 3 is 2.70 bits per heavy atom. The molecule has 0 aromatic heterocycles. The van der Waals surface area contributed by atoms with E-state index in [1.54, 1.807) is 19.1 Å². The number of hydrogen-bond acceptors (Lipinski definition) is 7. The highest BCUT2D eigenvalue weighted by Gasteiger charge is 2.18. The molecule has 1 aliphatic rings. The van der Waals surface area contributed by atoms with Gasteiger partial charge in [0, 0.05) is 6.07 Å². The summed E-state index contributed by atoms with van der Waals surface area (Å²) >= 11 is 0. The summed E-state index contributed by atoms with van der Waals surface area (Å²) in [5.41, 5.74) is 0.777. The van der Waals surface area contributed by atoms with E-state index in [1.807, 2.05) is 6.07 Å². The highest BCUT2D eigenvalue weighted by atomic mass is 16.7. The monoisotopic (exact) mass is 373 g/mol. The van der Waals surface area contributed by atoms with E-state index in [0.29, 0.717) is 17.2 Å². The average molecular weight is 373 g/mol. The van der Waals surface area contributed by atoms with Crippen LogP contribution in [0.3, 0.4) is 0 Å². The Morgan fingerprint density at radius 2 is 1.96 bits per heavy atom. The van der Waals surface area contributed by atoms with Crippen molar-refractivity contribution in [3.8, 4) is 23.0 Å². The number of nitrogens with one attached hydrogen (secondary N) is 1. The number of carbonyl (C=O) groups is 2. The van der Waals surface area contributed by atoms with Crippen molar-refractivity contribution in [2.45, 2.75) is 13.0 Å². The van der Waals surface area contributed by atoms with Gasteiger partial charge in [-0.25, -0.2) is 4.79 Å². The molecule has 0 spiro atoms. The standard InChI is InChI=1S/C19H19NO7/c1-11(12-3-6-16-17(7-12)27-10-26-16)20-18(22)9-25-19(23)14-5-4-13(24-2)8-15(14)21/h3-8,11,21H,9-10H2,1-2H3,(H,20,22)/t11-/m1/s1. The second-order valence-corrected chi connectivity index (χ2v) is 5.86. The summed E-state index contributed by atoms with van der Waals surface area (Å²) in [5.74, 6) is 0.121. The van der Waals surface area contributed by atoms with E-state index < -0.39 is 18.5 Å². The first-order valence-corrected chi connectivity index (χ1v) is 8.21. The third-order valence-electron chi connectivity index (χ3n) is 4.03. The quantitative estimate of drug-likeness (QED) is 0.748. The second kappa shape index (κ2) is 7.86. The zero-order valence-electron chi connectivity index (χ0n) is 14.9. The summed E-state index contributed by atoms with van der Waals surface area (Å²) in [7, 11) is 1.44. The molecule has 2 aromatic rings. The number of fused-ring (bicyclic) bond motifs is 1. The number of phenolic OH excluding ortho intramolecular Hbond substituents is 1. The average Bonchev–Trinajstić information content (AvgIpc) is 3.13. The number of esters is 1. The van der Waals surface area contributed by atoms with Gasteiger partial charge < -0.3 is 29.4 Å². The minimum absolute atomic E-state index is 0.0487. The molecule has 1 amide bonds. The van der Waals surface area contributed by atoms with Crippen molar-refractivity contribution >= 4 is 11.9 Å². The zero-order valence-corrected chi connectivity index (χ0v) is 14.9. The van der Waals surface area contributed by atoms with Gasteiger partial charge >= 0.3 is 5.97 Å². The first-order valence-electron chi connectivity index (χ1n) is 8.21. The lowest BCUT2D eigenvalue weighted by molar-refractivity contribution is -0.124. The molecule has 0 bridgehead atoms. The van der Waals surface area contributed by atoms with E-state index >= 15 is 0 Å². The number of amides is 1. The van der Waals surface area contributed by atoms with Gasteiger partial charge in [0.2, 0.25) is 6.79 Å². The molecule has 1 aliphatic heterocycles. The minimum Gasteiger partial charge on any atom is -0.507 e. The molecule has 27 heavy (non-hydrogen) atoms. The van der Waals surface area contributed by atoms with Crippen molar-refractivity contribution in [1.82, 2.24) is 5.32 Å². The van der Waals surface area contributed by atoms with Crippen molar-refractivity contribution in [3.05, 3.63) is 47.5 Å². The smallest absolute Gasteiger partial charge is 0.342 e. The molecule has 3 rings (SSSR count). The van der Waals surface area contributed by atoms with Crippen molar-refractivity contribution < 1.29 is 33.6 Å². The molecular formula is C19H19NO7. The Kier molecular flexibility index (Phi) is 5.35. The molecule has 2 N–H and O–H groups in total. The third-order valence-corrected chi connectivity index (χ3v) is 4.03. The maximum atomic E-state index is 12.1. The topological polar surface area (TPSA) is 103 Å². The van der Waals surface area contributed by atoms with Gasteiger partial charge in [-0.05, 0) is 36.8 Å². The van der Waals surface area contributed by atoms with Gasteiger partial charge in [0.1, 0.15) is 17.1 Å². The molecule has 8 nitrogen and oxygen atoms in total. The van der Waals surface area contributed by atoms with E-state index in [9.17, 15) is 14.7 Å². The Morgan fingerprint density at radius 1 is 1.19 bits per heavy atom. The number of benzene rings is 2. The van der Waals surface area contributed by atoms with E-state index in [0.717, 1.165) is 5.56 Å². The van der Waals surface area contributed by atoms with Gasteiger partial charge in [0.25, 0.3) is 5.91 Å². The molecule has 142 valence electrons. The van der Waals surface area contributed by atoms with Crippen LogP contribution >= 0.6 is 0 Å². The lowest BCUT2D eigenvalue weighted by Gasteiger charge is -2.15. The number of carbonyl (C=O) groups excluding carboxylic acids is 2. The molecule has 1 heterocycles. The summed E-state index contributed by atoms with van der Waals surface area (Å²) in [5, 5.41) is 12.6. The van der Waals surface area contributed by atoms with Gasteiger partial charge in [0.05, 0.1) is 13.2 Å². The van der Waals surface area contributed by atoms with Crippen LogP contribution in [0.15, 0.2) is 36.4 Å². The normalized spacial score (nSPS) is 13.0. The van der Waals surface area contributed by atoms with Crippen LogP contribution in [0.25, 0.3) is 0 Å². The van der Waals surface area contributed by atoms with E-state index in [2.05, 4.69) is 5.32 Å². The van der Waals surface area contributed by atoms with Crippen LogP contribution in [0.2, 0.25) is 0 Å². The predicted octanol–water partition coefficient (Wildman–Crippen LogP) is 2.16. The summed E-state index contributed by atoms with van der Waals surface area (Å²) < 4.78 is 20.5. The van der Waals surface area contributed by atoms with Crippen molar-refractivity contribution in [2.75, 3.05) is 20.5 Å². The molecule has 8 heteroatoms. The second-order valence-electron chi connectivity index (χ2n) is 5.86. The number of rotatable bonds is 6. The number of aromatic hydroxyl groups is 1. The van der Waals surface area contributed by atoms with Crippen molar-refractivity contribution in [1.29, 1.82) is 0 Å². The van der Waals surface area contributed by atoms with Crippen LogP contribution < -0.4 is 19.5 Å². The summed E-state index contributed by atoms with van der Waals surface area (Å²) in [4.78, 5) is 24.1. The lowest BCUT2D eigenvalue weighted by atomic mass is 10.1. The summed E-state index contributed by atoms with van der Waals surface area (Å²) in [6.07, 6.45) is 0. The van der Waals surface area contributed by atoms with Gasteiger partial charge in [-0.1, -0.05) is 6.07 Å². The van der Waals surface area contributed by atoms with E-state index in [4.69, 9.17) is 18.9 Å². The molecule has 0 saturated carbocycles. The molecule has 1 atom stereocenters. The van der Waals surface area contributed by atoms with Crippen LogP contribution in [0, 0.1) is 0 Å². The zero-order chi connectivity index (χ0) is 19.4. The van der Waals surface area contributed by atoms with Crippen LogP contribution in [0.4, 0.5) is 0 Å². The molecule has 0 unspecified atom stereocenters. The Bertz CT molecular complexity index is 865. The van der Waals surface area contributed by atoms with Gasteiger partial charge in [0.15, 0.2) is 18.1 Å². The first-order chi connectivity index (χ1) is 13.0. The molecule has 0 fully saturated rings. The van der Waals surface area contributed by atoms with Crippen LogP contribution in [-0.4, -0.2) is 37.5 Å². The van der Waals surface area contributed by atoms with Gasteiger partial charge in [-0.15, -0.1) is 0 Å². The van der Waals surface area contributed by atoms with Crippen molar-refractivity contribution in [3.63, 3.8) is 0 Å². The van der Waals surface area contributed by atoms with Crippen molar-refractivity contribution in [2.24, 2.45) is 0 Å². The Labute approximate surface area is 155 Å². The largest absolute Gasteiger partial charge is 0.507 e. The fourth-order valence-electron chi connectivity index (χ4n) is 2.57. The molecule has 2 aromatic carbocycles. The SMILES string of the molecule is COc1ccc(C(=O)OCC(=O)N[C@H](C)c2ccc3c(c2)OCO3)c(O)c1. The highest BCUT2D eigenvalue weighted by Crippen LogP contribution is 2.34. The highest BCUT2D eigenvalue weighted by molar-refractivity contribution is 5.94. The van der Waals surface area contributed by atoms with E-state index in [-0.39, 0.29) is 24.1 Å². The van der Waals surface area contributed by atoms with Gasteiger partial charge in [-0.2, -0.15) is 0 Å². The number of hydrogen-bond donors (Lipinski definition) is 2. The van der Waals surface area contributed by atoms with E-state index in [1.165, 1.54) is 25.3 Å². The molecule has 0 radical (unpaired) electrons. The van der Waals surface area contributed by atoms with Crippen LogP contribution in [-0.2, 0) is 9.53 Å². The molecule has 0 aliphatic carbocycles. The lowest BCUT2D eigenvalue weighted by Crippen LogP contribution is -2.31. The fourth-order valence-corrected chi connectivity index (χ4v) is 2.57. The van der Waals surface area contributed by atoms with Crippen LogP contribution in [0.5, 0.6) is 23.0 Å². The van der Waals surface area contributed by atoms with Crippen LogP contribution in [0.1, 0.15) is 28.9 Å². The Balaban J connectivity index is 1.54. The first kappa shape index (κ1) is 18.4.